The molecular formula is C21H21N5O. The third-order valence-electron chi connectivity index (χ3n) is 4.30. The van der Waals surface area contributed by atoms with Crippen LogP contribution >= 0.6 is 0 Å². The molecule has 136 valence electrons. The van der Waals surface area contributed by atoms with Crippen LogP contribution in [0.2, 0.25) is 0 Å². The number of carbonyl (C=O) groups is 1. The molecule has 1 aromatic heterocycles. The number of aryl methyl sites for hydroxylation is 2. The Labute approximate surface area is 158 Å². The largest absolute Gasteiger partial charge is 0.382 e. The topological polar surface area (TPSA) is 96.7 Å². The minimum absolute atomic E-state index is 0.110. The van der Waals surface area contributed by atoms with Crippen molar-refractivity contribution < 1.29 is 4.79 Å². The zero-order valence-corrected chi connectivity index (χ0v) is 15.1. The maximum Gasteiger partial charge on any atom is 0.251 e. The molecule has 0 aliphatic rings. The summed E-state index contributed by atoms with van der Waals surface area (Å²) in [4.78, 5) is 12.0. The minimum Gasteiger partial charge on any atom is -0.382 e. The highest BCUT2D eigenvalue weighted by atomic mass is 16.1. The molecular weight excluding hydrogens is 338 g/mol. The molecule has 0 spiro atoms. The summed E-state index contributed by atoms with van der Waals surface area (Å²) < 4.78 is 1.59. The Morgan fingerprint density at radius 2 is 1.89 bits per heavy atom. The van der Waals surface area contributed by atoms with E-state index in [1.807, 2.05) is 49.4 Å². The van der Waals surface area contributed by atoms with Gasteiger partial charge in [0.05, 0.1) is 11.4 Å². The number of nitrogens with one attached hydrogen (secondary N) is 1. The average molecular weight is 359 g/mol. The lowest BCUT2D eigenvalue weighted by atomic mass is 10.1. The average Bonchev–Trinajstić information content (AvgIpc) is 3.01. The number of nitrogens with two attached hydrogens (primary N) is 1. The Morgan fingerprint density at radius 1 is 1.19 bits per heavy atom. The van der Waals surface area contributed by atoms with E-state index in [4.69, 9.17) is 5.73 Å². The van der Waals surface area contributed by atoms with Gasteiger partial charge in [0.1, 0.15) is 17.5 Å². The number of anilines is 1. The van der Waals surface area contributed by atoms with E-state index in [2.05, 4.69) is 16.5 Å². The van der Waals surface area contributed by atoms with Crippen molar-refractivity contribution in [2.75, 3.05) is 12.3 Å². The first-order valence-electron chi connectivity index (χ1n) is 8.78. The smallest absolute Gasteiger partial charge is 0.251 e. The Hall–Kier alpha value is -3.59. The van der Waals surface area contributed by atoms with Crippen LogP contribution < -0.4 is 11.1 Å². The second-order valence-electron chi connectivity index (χ2n) is 6.29. The molecule has 0 fully saturated rings. The third-order valence-corrected chi connectivity index (χ3v) is 4.30. The number of amides is 1. The molecule has 3 N–H and O–H groups in total. The van der Waals surface area contributed by atoms with Crippen molar-refractivity contribution in [1.29, 1.82) is 5.26 Å². The van der Waals surface area contributed by atoms with Crippen molar-refractivity contribution in [2.24, 2.45) is 0 Å². The van der Waals surface area contributed by atoms with Crippen molar-refractivity contribution in [2.45, 2.75) is 19.8 Å². The number of benzene rings is 2. The molecule has 0 unspecified atom stereocenters. The summed E-state index contributed by atoms with van der Waals surface area (Å²) in [5.74, 6) is 0.227. The molecule has 0 radical (unpaired) electrons. The van der Waals surface area contributed by atoms with Crippen molar-refractivity contribution in [3.05, 3.63) is 77.0 Å². The van der Waals surface area contributed by atoms with Crippen molar-refractivity contribution in [3.63, 3.8) is 0 Å². The third kappa shape index (κ3) is 4.15. The molecule has 1 heterocycles. The van der Waals surface area contributed by atoms with Crippen LogP contribution in [0.5, 0.6) is 0 Å². The van der Waals surface area contributed by atoms with E-state index in [9.17, 15) is 10.1 Å². The Bertz CT molecular complexity index is 968. The van der Waals surface area contributed by atoms with E-state index < -0.39 is 0 Å². The number of nitrogen functional groups attached to an aromatic ring is 1. The fourth-order valence-electron chi connectivity index (χ4n) is 2.81. The first kappa shape index (κ1) is 18.2. The number of hydrogen-bond acceptors (Lipinski definition) is 4. The van der Waals surface area contributed by atoms with Gasteiger partial charge < -0.3 is 11.1 Å². The van der Waals surface area contributed by atoms with E-state index in [0.29, 0.717) is 42.0 Å². The number of rotatable bonds is 6. The molecule has 27 heavy (non-hydrogen) atoms. The van der Waals surface area contributed by atoms with Gasteiger partial charge in [-0.15, -0.1) is 0 Å². The second kappa shape index (κ2) is 8.19. The summed E-state index contributed by atoms with van der Waals surface area (Å²) >= 11 is 0. The van der Waals surface area contributed by atoms with Crippen LogP contribution in [0, 0.1) is 18.3 Å². The quantitative estimate of drug-likeness (QED) is 0.661. The van der Waals surface area contributed by atoms with Crippen LogP contribution in [0.3, 0.4) is 0 Å². The van der Waals surface area contributed by atoms with Gasteiger partial charge in [-0.1, -0.05) is 35.9 Å². The number of nitrogens with zero attached hydrogens (tertiary/aromatic N) is 3. The molecule has 0 atom stereocenters. The fraction of sp³-hybridized carbons (Fsp3) is 0.190. The summed E-state index contributed by atoms with van der Waals surface area (Å²) in [6.07, 6.45) is 1.22. The maximum absolute atomic E-state index is 12.0. The predicted molar refractivity (Wildman–Crippen MR) is 105 cm³/mol. The molecule has 1 amide bonds. The minimum atomic E-state index is -0.110. The zero-order chi connectivity index (χ0) is 19.2. The normalized spacial score (nSPS) is 10.4. The number of nitriles is 1. The van der Waals surface area contributed by atoms with Crippen LogP contribution in [0.15, 0.2) is 54.6 Å². The molecule has 0 aliphatic heterocycles. The van der Waals surface area contributed by atoms with Crippen molar-refractivity contribution >= 4 is 11.7 Å². The number of hydrogen-bond donors (Lipinski definition) is 2. The Kier molecular flexibility index (Phi) is 5.53. The van der Waals surface area contributed by atoms with Crippen LogP contribution in [-0.4, -0.2) is 22.2 Å². The van der Waals surface area contributed by atoms with E-state index in [1.54, 1.807) is 16.8 Å². The summed E-state index contributed by atoms with van der Waals surface area (Å²) in [6, 6.07) is 19.0. The first-order valence-corrected chi connectivity index (χ1v) is 8.78. The van der Waals surface area contributed by atoms with Gasteiger partial charge in [-0.05, 0) is 44.0 Å². The van der Waals surface area contributed by atoms with Gasteiger partial charge in [-0.2, -0.15) is 10.4 Å². The molecule has 0 saturated carbocycles. The molecule has 2 aromatic carbocycles. The maximum atomic E-state index is 12.0. The molecule has 3 aromatic rings. The van der Waals surface area contributed by atoms with Gasteiger partial charge in [0, 0.05) is 12.1 Å². The van der Waals surface area contributed by atoms with Crippen LogP contribution in [0.1, 0.15) is 33.6 Å². The van der Waals surface area contributed by atoms with E-state index in [0.717, 1.165) is 11.3 Å². The standard InChI is InChI=1S/C21H21N5O/c1-15-9-11-17(12-10-15)26-20(23)18(14-22)19(25-26)8-5-13-24-21(27)16-6-3-2-4-7-16/h2-4,6-7,9-12H,5,8,13,23H2,1H3,(H,24,27). The monoisotopic (exact) mass is 359 g/mol. The molecule has 6 nitrogen and oxygen atoms in total. The molecule has 6 heteroatoms. The lowest BCUT2D eigenvalue weighted by Crippen LogP contribution is -2.24. The Balaban J connectivity index is 1.65. The Morgan fingerprint density at radius 3 is 2.56 bits per heavy atom. The zero-order valence-electron chi connectivity index (χ0n) is 15.1. The van der Waals surface area contributed by atoms with Crippen LogP contribution in [-0.2, 0) is 6.42 Å². The highest BCUT2D eigenvalue weighted by Crippen LogP contribution is 2.21. The molecule has 0 bridgehead atoms. The van der Waals surface area contributed by atoms with Crippen molar-refractivity contribution in [1.82, 2.24) is 15.1 Å². The van der Waals surface area contributed by atoms with E-state index >= 15 is 0 Å². The SMILES string of the molecule is Cc1ccc(-n2nc(CCCNC(=O)c3ccccc3)c(C#N)c2N)cc1. The van der Waals surface area contributed by atoms with Gasteiger partial charge in [-0.25, -0.2) is 4.68 Å². The summed E-state index contributed by atoms with van der Waals surface area (Å²) in [6.45, 7) is 2.50. The van der Waals surface area contributed by atoms with Gasteiger partial charge in [0.2, 0.25) is 0 Å². The van der Waals surface area contributed by atoms with Gasteiger partial charge in [0.15, 0.2) is 0 Å². The molecule has 0 aliphatic carbocycles. The van der Waals surface area contributed by atoms with Crippen molar-refractivity contribution in [3.8, 4) is 11.8 Å². The predicted octanol–water partition coefficient (Wildman–Crippen LogP) is 3.00. The first-order chi connectivity index (χ1) is 13.1. The number of carbonyl (C=O) groups excluding carboxylic acids is 1. The van der Waals surface area contributed by atoms with E-state index in [-0.39, 0.29) is 5.91 Å². The summed E-state index contributed by atoms with van der Waals surface area (Å²) in [7, 11) is 0. The van der Waals surface area contributed by atoms with Gasteiger partial charge >= 0.3 is 0 Å². The van der Waals surface area contributed by atoms with Crippen LogP contribution in [0.25, 0.3) is 5.69 Å². The lowest BCUT2D eigenvalue weighted by molar-refractivity contribution is 0.0953. The highest BCUT2D eigenvalue weighted by Gasteiger charge is 2.16. The van der Waals surface area contributed by atoms with E-state index in [1.165, 1.54) is 0 Å². The lowest BCUT2D eigenvalue weighted by Gasteiger charge is -2.04. The van der Waals surface area contributed by atoms with Crippen LogP contribution in [0.4, 0.5) is 5.82 Å². The summed E-state index contributed by atoms with van der Waals surface area (Å²) in [5, 5.41) is 16.8. The van der Waals surface area contributed by atoms with Gasteiger partial charge in [0.25, 0.3) is 5.91 Å². The molecule has 0 saturated heterocycles. The fourth-order valence-corrected chi connectivity index (χ4v) is 2.81. The second-order valence-corrected chi connectivity index (χ2v) is 6.29. The highest BCUT2D eigenvalue weighted by molar-refractivity contribution is 5.94. The number of aromatic nitrogens is 2. The summed E-state index contributed by atoms with van der Waals surface area (Å²) in [5.41, 5.74) is 9.74. The van der Waals surface area contributed by atoms with Gasteiger partial charge in [-0.3, -0.25) is 4.79 Å². The molecule has 3 rings (SSSR count).